The van der Waals surface area contributed by atoms with Gasteiger partial charge in [0.15, 0.2) is 0 Å². The van der Waals surface area contributed by atoms with Gasteiger partial charge >= 0.3 is 0 Å². The maximum absolute atomic E-state index is 12.7. The van der Waals surface area contributed by atoms with Crippen molar-refractivity contribution in [2.45, 2.75) is 13.0 Å². The summed E-state index contributed by atoms with van der Waals surface area (Å²) in [6.45, 7) is 0.553. The lowest BCUT2D eigenvalue weighted by molar-refractivity contribution is 0.408. The number of nitrogens with zero attached hydrogens (tertiary/aromatic N) is 2. The van der Waals surface area contributed by atoms with Gasteiger partial charge in [-0.1, -0.05) is 36.4 Å². The molecular weight excluding hydrogens is 302 g/mol. The zero-order chi connectivity index (χ0) is 16.5. The van der Waals surface area contributed by atoms with Gasteiger partial charge in [0.2, 0.25) is 0 Å². The molecule has 0 saturated carbocycles. The van der Waals surface area contributed by atoms with Crippen molar-refractivity contribution >= 4 is 21.9 Å². The first-order valence-electron chi connectivity index (χ1n) is 7.85. The van der Waals surface area contributed by atoms with Gasteiger partial charge in [0.25, 0.3) is 5.56 Å². The first-order chi connectivity index (χ1) is 11.8. The highest BCUT2D eigenvalue weighted by Gasteiger charge is 2.11. The first-order valence-corrected chi connectivity index (χ1v) is 7.85. The Bertz CT molecular complexity index is 1080. The first kappa shape index (κ1) is 14.5. The van der Waals surface area contributed by atoms with Crippen LogP contribution in [0.25, 0.3) is 21.9 Å². The summed E-state index contributed by atoms with van der Waals surface area (Å²) in [5, 5.41) is 0.974. The summed E-state index contributed by atoms with van der Waals surface area (Å²) in [6.07, 6.45) is 2.33. The highest BCUT2D eigenvalue weighted by molar-refractivity contribution is 6.04. The van der Waals surface area contributed by atoms with Crippen molar-refractivity contribution < 1.29 is 4.74 Å². The van der Waals surface area contributed by atoms with Crippen molar-refractivity contribution in [2.24, 2.45) is 0 Å². The number of para-hydroxylation sites is 2. The van der Waals surface area contributed by atoms with Crippen molar-refractivity contribution in [1.29, 1.82) is 0 Å². The van der Waals surface area contributed by atoms with E-state index in [1.807, 2.05) is 48.5 Å². The number of aromatic nitrogens is 3. The lowest BCUT2D eigenvalue weighted by atomic mass is 10.1. The molecule has 2 aromatic heterocycles. The molecule has 2 aromatic carbocycles. The predicted octanol–water partition coefficient (Wildman–Crippen LogP) is 3.13. The number of aryl methyl sites for hydroxylation is 2. The van der Waals surface area contributed by atoms with Crippen LogP contribution in [-0.4, -0.2) is 21.6 Å². The van der Waals surface area contributed by atoms with Crippen LogP contribution in [-0.2, 0) is 13.0 Å². The SMILES string of the molecule is COc1ccccc1CCn1cnc2c([nH]c3ccccc32)c1=O. The van der Waals surface area contributed by atoms with Gasteiger partial charge in [-0.2, -0.15) is 0 Å². The third-order valence-electron chi connectivity index (χ3n) is 4.29. The van der Waals surface area contributed by atoms with Gasteiger partial charge in [-0.15, -0.1) is 0 Å². The number of aromatic amines is 1. The van der Waals surface area contributed by atoms with Crippen LogP contribution in [0, 0.1) is 0 Å². The van der Waals surface area contributed by atoms with Crippen LogP contribution < -0.4 is 10.3 Å². The molecule has 5 nitrogen and oxygen atoms in total. The minimum Gasteiger partial charge on any atom is -0.496 e. The Morgan fingerprint density at radius 1 is 1.12 bits per heavy atom. The molecule has 0 aliphatic heterocycles. The maximum atomic E-state index is 12.7. The monoisotopic (exact) mass is 319 g/mol. The van der Waals surface area contributed by atoms with Crippen LogP contribution in [0.3, 0.4) is 0 Å². The van der Waals surface area contributed by atoms with Crippen molar-refractivity contribution in [2.75, 3.05) is 7.11 Å². The van der Waals surface area contributed by atoms with Gasteiger partial charge in [0.05, 0.1) is 13.4 Å². The van der Waals surface area contributed by atoms with Crippen LogP contribution in [0.1, 0.15) is 5.56 Å². The molecule has 120 valence electrons. The molecule has 0 aliphatic rings. The molecule has 2 heterocycles. The molecule has 0 bridgehead atoms. The van der Waals surface area contributed by atoms with E-state index >= 15 is 0 Å². The molecule has 0 radical (unpaired) electrons. The van der Waals surface area contributed by atoms with E-state index in [1.54, 1.807) is 18.0 Å². The number of methoxy groups -OCH3 is 1. The average molecular weight is 319 g/mol. The van der Waals surface area contributed by atoms with E-state index in [1.165, 1.54) is 0 Å². The van der Waals surface area contributed by atoms with Gasteiger partial charge in [0.1, 0.15) is 16.8 Å². The fourth-order valence-corrected chi connectivity index (χ4v) is 3.05. The van der Waals surface area contributed by atoms with Gasteiger partial charge < -0.3 is 9.72 Å². The van der Waals surface area contributed by atoms with Crippen LogP contribution in [0.2, 0.25) is 0 Å². The molecule has 5 heteroatoms. The number of nitrogens with one attached hydrogen (secondary N) is 1. The van der Waals surface area contributed by atoms with E-state index in [4.69, 9.17) is 4.74 Å². The molecule has 4 rings (SSSR count). The summed E-state index contributed by atoms with van der Waals surface area (Å²) in [5.74, 6) is 0.838. The van der Waals surface area contributed by atoms with Gasteiger partial charge in [-0.25, -0.2) is 4.98 Å². The normalized spacial score (nSPS) is 11.2. The summed E-state index contributed by atoms with van der Waals surface area (Å²) in [5.41, 5.74) is 3.23. The number of ether oxygens (including phenoxy) is 1. The molecule has 0 unspecified atom stereocenters. The molecule has 24 heavy (non-hydrogen) atoms. The average Bonchev–Trinajstić information content (AvgIpc) is 3.01. The molecule has 0 spiro atoms. The fraction of sp³-hybridized carbons (Fsp3) is 0.158. The number of benzene rings is 2. The van der Waals surface area contributed by atoms with Crippen molar-refractivity contribution in [3.8, 4) is 5.75 Å². The van der Waals surface area contributed by atoms with E-state index in [9.17, 15) is 4.79 Å². The zero-order valence-electron chi connectivity index (χ0n) is 13.3. The molecule has 1 N–H and O–H groups in total. The quantitative estimate of drug-likeness (QED) is 0.629. The van der Waals surface area contributed by atoms with Crippen molar-refractivity contribution in [3.05, 3.63) is 70.8 Å². The highest BCUT2D eigenvalue weighted by atomic mass is 16.5. The molecule has 0 amide bonds. The Morgan fingerprint density at radius 3 is 2.79 bits per heavy atom. The lowest BCUT2D eigenvalue weighted by Crippen LogP contribution is -2.21. The Kier molecular flexibility index (Phi) is 3.54. The minimum absolute atomic E-state index is 0.0499. The second-order valence-corrected chi connectivity index (χ2v) is 5.70. The number of hydrogen-bond acceptors (Lipinski definition) is 3. The van der Waals surface area contributed by atoms with Crippen LogP contribution >= 0.6 is 0 Å². The minimum atomic E-state index is -0.0499. The van der Waals surface area contributed by atoms with Crippen LogP contribution in [0.5, 0.6) is 5.75 Å². The van der Waals surface area contributed by atoms with Crippen molar-refractivity contribution in [3.63, 3.8) is 0 Å². The third kappa shape index (κ3) is 2.34. The smallest absolute Gasteiger partial charge is 0.277 e. The molecule has 0 aliphatic carbocycles. The molecule has 0 fully saturated rings. The molecule has 4 aromatic rings. The summed E-state index contributed by atoms with van der Waals surface area (Å²) in [7, 11) is 1.66. The van der Waals surface area contributed by atoms with Gasteiger partial charge in [-0.05, 0) is 24.1 Å². The Morgan fingerprint density at radius 2 is 1.92 bits per heavy atom. The predicted molar refractivity (Wildman–Crippen MR) is 94.6 cm³/mol. The van der Waals surface area contributed by atoms with E-state index in [0.717, 1.165) is 27.7 Å². The van der Waals surface area contributed by atoms with Crippen LogP contribution in [0.15, 0.2) is 59.7 Å². The van der Waals surface area contributed by atoms with Crippen molar-refractivity contribution in [1.82, 2.24) is 14.5 Å². The topological polar surface area (TPSA) is 59.9 Å². The second kappa shape index (κ2) is 5.85. The fourth-order valence-electron chi connectivity index (χ4n) is 3.05. The molecule has 0 atom stereocenters. The summed E-state index contributed by atoms with van der Waals surface area (Å²) in [6, 6.07) is 15.7. The summed E-state index contributed by atoms with van der Waals surface area (Å²) in [4.78, 5) is 20.4. The van der Waals surface area contributed by atoms with Gasteiger partial charge in [0, 0.05) is 17.4 Å². The van der Waals surface area contributed by atoms with E-state index in [0.29, 0.717) is 18.5 Å². The number of rotatable bonds is 4. The van der Waals surface area contributed by atoms with E-state index < -0.39 is 0 Å². The lowest BCUT2D eigenvalue weighted by Gasteiger charge is -2.09. The summed E-state index contributed by atoms with van der Waals surface area (Å²) < 4.78 is 7.01. The molecular formula is C19H17N3O2. The number of fused-ring (bicyclic) bond motifs is 3. The van der Waals surface area contributed by atoms with E-state index in [-0.39, 0.29) is 5.56 Å². The Balaban J connectivity index is 1.71. The zero-order valence-corrected chi connectivity index (χ0v) is 13.3. The standard InChI is InChI=1S/C19H17N3O2/c1-24-16-9-5-2-6-13(16)10-11-22-12-20-17-14-7-3-4-8-15(14)21-18(17)19(22)23/h2-9,12,21H,10-11H2,1H3. The molecule has 0 saturated heterocycles. The second-order valence-electron chi connectivity index (χ2n) is 5.70. The van der Waals surface area contributed by atoms with Crippen LogP contribution in [0.4, 0.5) is 0 Å². The third-order valence-corrected chi connectivity index (χ3v) is 4.29. The van der Waals surface area contributed by atoms with E-state index in [2.05, 4.69) is 9.97 Å². The Hall–Kier alpha value is -3.08. The maximum Gasteiger partial charge on any atom is 0.277 e. The number of H-pyrrole nitrogens is 1. The number of hydrogen-bond donors (Lipinski definition) is 1. The summed E-state index contributed by atoms with van der Waals surface area (Å²) >= 11 is 0. The largest absolute Gasteiger partial charge is 0.496 e. The van der Waals surface area contributed by atoms with Gasteiger partial charge in [-0.3, -0.25) is 9.36 Å². The highest BCUT2D eigenvalue weighted by Crippen LogP contribution is 2.21. The Labute approximate surface area is 138 Å².